The predicted molar refractivity (Wildman–Crippen MR) is 102 cm³/mol. The van der Waals surface area contributed by atoms with Crippen molar-refractivity contribution in [2.24, 2.45) is 11.1 Å². The van der Waals surface area contributed by atoms with Crippen molar-refractivity contribution in [2.45, 2.75) is 43.7 Å². The van der Waals surface area contributed by atoms with Crippen LogP contribution in [0.25, 0.3) is 0 Å². The van der Waals surface area contributed by atoms with E-state index in [9.17, 15) is 4.79 Å². The third kappa shape index (κ3) is 5.18. The Kier molecular flexibility index (Phi) is 6.45. The van der Waals surface area contributed by atoms with Crippen LogP contribution in [0.5, 0.6) is 0 Å². The van der Waals surface area contributed by atoms with E-state index in [0.29, 0.717) is 21.8 Å². The van der Waals surface area contributed by atoms with Crippen molar-refractivity contribution in [3.8, 4) is 0 Å². The van der Waals surface area contributed by atoms with E-state index in [1.165, 1.54) is 11.3 Å². The Morgan fingerprint density at radius 2 is 2.15 bits per heavy atom. The zero-order chi connectivity index (χ0) is 18.4. The molecule has 1 aliphatic rings. The lowest BCUT2D eigenvalue weighted by Crippen LogP contribution is -2.22. The van der Waals surface area contributed by atoms with Crippen LogP contribution < -0.4 is 5.73 Å². The average Bonchev–Trinajstić information content (AvgIpc) is 3.08. The second-order valence-electron chi connectivity index (χ2n) is 6.12. The van der Waals surface area contributed by atoms with Gasteiger partial charge in [-0.3, -0.25) is 0 Å². The number of carbonyl (C=O) groups excluding carboxylic acids is 1. The smallest absolute Gasteiger partial charge is 0.375 e. The van der Waals surface area contributed by atoms with E-state index in [1.54, 1.807) is 23.7 Å². The first-order valence-corrected chi connectivity index (χ1v) is 9.99. The molecule has 1 fully saturated rings. The second kappa shape index (κ2) is 9.00. The lowest BCUT2D eigenvalue weighted by atomic mass is 9.89. The molecule has 1 aliphatic carbocycles. The van der Waals surface area contributed by atoms with Crippen molar-refractivity contribution >= 4 is 40.2 Å². The predicted octanol–water partition coefficient (Wildman–Crippen LogP) is 3.67. The number of hydrogen-bond acceptors (Lipinski definition) is 9. The number of anilines is 1. The largest absolute Gasteiger partial charge is 0.392 e. The summed E-state index contributed by atoms with van der Waals surface area (Å²) in [7, 11) is 0. The summed E-state index contributed by atoms with van der Waals surface area (Å²) in [5.41, 5.74) is 6.04. The Morgan fingerprint density at radius 3 is 2.81 bits per heavy atom. The molecule has 0 aromatic carbocycles. The minimum absolute atomic E-state index is 0.00780. The zero-order valence-corrected chi connectivity index (χ0v) is 16.0. The maximum atomic E-state index is 12.5. The monoisotopic (exact) mass is 392 g/mol. The number of thiazole rings is 1. The van der Waals surface area contributed by atoms with Gasteiger partial charge in [0.25, 0.3) is 0 Å². The molecule has 3 rings (SSSR count). The molecular weight excluding hydrogens is 372 g/mol. The van der Waals surface area contributed by atoms with Gasteiger partial charge in [-0.2, -0.15) is 0 Å². The minimum Gasteiger partial charge on any atom is -0.392 e. The number of aromatic nitrogens is 2. The van der Waals surface area contributed by atoms with E-state index in [1.807, 2.05) is 6.07 Å². The van der Waals surface area contributed by atoms with Gasteiger partial charge in [0.1, 0.15) is 28.9 Å². The van der Waals surface area contributed by atoms with E-state index < -0.39 is 5.97 Å². The van der Waals surface area contributed by atoms with E-state index >= 15 is 0 Å². The zero-order valence-electron chi connectivity index (χ0n) is 14.3. The standard InChI is InChI=1S/C17H20N4O3S2/c1-11-5-7-12(8-6-11)23-21-15(13-10-25-17(18)20-13)16(22)24-26-14-4-2-3-9-19-14/h2-4,9-12H,5-8H2,1H3,(H2,18,20)/t11-,12-. The van der Waals surface area contributed by atoms with Crippen molar-refractivity contribution in [1.29, 1.82) is 0 Å². The lowest BCUT2D eigenvalue weighted by molar-refractivity contribution is -0.126. The molecule has 0 unspecified atom stereocenters. The van der Waals surface area contributed by atoms with Crippen molar-refractivity contribution in [1.82, 2.24) is 9.97 Å². The van der Waals surface area contributed by atoms with Crippen molar-refractivity contribution in [3.05, 3.63) is 35.5 Å². The molecule has 2 aromatic rings. The van der Waals surface area contributed by atoms with Crippen molar-refractivity contribution < 1.29 is 13.8 Å². The molecule has 0 amide bonds. The second-order valence-corrected chi connectivity index (χ2v) is 7.76. The Balaban J connectivity index is 1.68. The highest BCUT2D eigenvalue weighted by Crippen LogP contribution is 2.26. The Hall–Kier alpha value is -2.13. The molecule has 7 nitrogen and oxygen atoms in total. The van der Waals surface area contributed by atoms with Gasteiger partial charge >= 0.3 is 5.97 Å². The third-order valence-electron chi connectivity index (χ3n) is 4.05. The summed E-state index contributed by atoms with van der Waals surface area (Å²) in [5.74, 6) is 0.0616. The Bertz CT molecular complexity index is 758. The summed E-state index contributed by atoms with van der Waals surface area (Å²) >= 11 is 2.10. The number of rotatable bonds is 6. The normalized spacial score (nSPS) is 20.6. The first kappa shape index (κ1) is 18.7. The molecule has 0 bridgehead atoms. The summed E-state index contributed by atoms with van der Waals surface area (Å²) < 4.78 is 5.24. The molecule has 0 radical (unpaired) electrons. The van der Waals surface area contributed by atoms with E-state index in [0.717, 1.165) is 37.7 Å². The summed E-state index contributed by atoms with van der Waals surface area (Å²) in [4.78, 5) is 26.3. The molecule has 0 aliphatic heterocycles. The third-order valence-corrected chi connectivity index (χ3v) is 5.38. The lowest BCUT2D eigenvalue weighted by Gasteiger charge is -2.24. The summed E-state index contributed by atoms with van der Waals surface area (Å²) in [6.45, 7) is 2.23. The van der Waals surface area contributed by atoms with Gasteiger partial charge in [0.2, 0.25) is 5.71 Å². The molecule has 2 N–H and O–H groups in total. The minimum atomic E-state index is -0.643. The average molecular weight is 393 g/mol. The maximum Gasteiger partial charge on any atom is 0.375 e. The van der Waals surface area contributed by atoms with Crippen LogP contribution in [0.4, 0.5) is 5.13 Å². The topological polar surface area (TPSA) is 99.7 Å². The first-order chi connectivity index (χ1) is 12.6. The molecule has 26 heavy (non-hydrogen) atoms. The van der Waals surface area contributed by atoms with E-state index in [2.05, 4.69) is 22.0 Å². The molecule has 2 aromatic heterocycles. The molecule has 138 valence electrons. The van der Waals surface area contributed by atoms with Gasteiger partial charge in [0, 0.05) is 11.6 Å². The van der Waals surface area contributed by atoms with E-state index in [4.69, 9.17) is 14.8 Å². The van der Waals surface area contributed by atoms with Crippen LogP contribution in [0.2, 0.25) is 0 Å². The van der Waals surface area contributed by atoms with Crippen molar-refractivity contribution in [3.63, 3.8) is 0 Å². The van der Waals surface area contributed by atoms with Gasteiger partial charge < -0.3 is 14.8 Å². The van der Waals surface area contributed by atoms with Gasteiger partial charge in [0.05, 0.1) is 0 Å². The highest BCUT2D eigenvalue weighted by Gasteiger charge is 2.24. The van der Waals surface area contributed by atoms with E-state index in [-0.39, 0.29) is 11.8 Å². The molecule has 0 atom stereocenters. The van der Waals surface area contributed by atoms with Gasteiger partial charge in [-0.15, -0.1) is 11.3 Å². The van der Waals surface area contributed by atoms with Crippen LogP contribution in [-0.4, -0.2) is 27.8 Å². The Labute approximate surface area is 160 Å². The number of nitrogens with zero attached hydrogens (tertiary/aromatic N) is 3. The molecule has 0 saturated heterocycles. The summed E-state index contributed by atoms with van der Waals surface area (Å²) in [6.07, 6.45) is 5.68. The van der Waals surface area contributed by atoms with Crippen molar-refractivity contribution in [2.75, 3.05) is 5.73 Å². The van der Waals surface area contributed by atoms with Crippen LogP contribution in [0.1, 0.15) is 38.3 Å². The van der Waals surface area contributed by atoms with Crippen LogP contribution in [0.15, 0.2) is 40.0 Å². The van der Waals surface area contributed by atoms with Crippen LogP contribution in [0, 0.1) is 5.92 Å². The van der Waals surface area contributed by atoms with Gasteiger partial charge in [-0.1, -0.05) is 18.1 Å². The number of oxime groups is 1. The number of carbonyl (C=O) groups is 1. The number of nitrogens with two attached hydrogens (primary N) is 1. The number of pyridine rings is 1. The summed E-state index contributed by atoms with van der Waals surface area (Å²) in [5, 5.41) is 6.65. The quantitative estimate of drug-likeness (QED) is 0.455. The fraction of sp³-hybridized carbons (Fsp3) is 0.412. The molecule has 9 heteroatoms. The van der Waals surface area contributed by atoms with Crippen LogP contribution in [0.3, 0.4) is 0 Å². The molecule has 0 spiro atoms. The highest BCUT2D eigenvalue weighted by molar-refractivity contribution is 7.95. The van der Waals surface area contributed by atoms with Gasteiger partial charge in [0.15, 0.2) is 5.13 Å². The Morgan fingerprint density at radius 1 is 1.35 bits per heavy atom. The number of hydrogen-bond donors (Lipinski definition) is 1. The highest BCUT2D eigenvalue weighted by atomic mass is 32.2. The molecular formula is C17H20N4O3S2. The SMILES string of the molecule is C[C@H]1CC[C@H](ON=C(C(=O)OSc2ccccn2)c2csc(N)n2)CC1. The first-order valence-electron chi connectivity index (χ1n) is 8.37. The van der Waals surface area contributed by atoms with Crippen LogP contribution >= 0.6 is 23.4 Å². The number of nitrogen functional groups attached to an aromatic ring is 1. The van der Waals surface area contributed by atoms with Gasteiger partial charge in [-0.05, 0) is 43.7 Å². The fourth-order valence-electron chi connectivity index (χ4n) is 2.56. The fourth-order valence-corrected chi connectivity index (χ4v) is 3.59. The van der Waals surface area contributed by atoms with Gasteiger partial charge in [-0.25, -0.2) is 14.8 Å². The van der Waals surface area contributed by atoms with Crippen LogP contribution in [-0.2, 0) is 13.8 Å². The summed E-state index contributed by atoms with van der Waals surface area (Å²) in [6, 6.07) is 5.34. The maximum absolute atomic E-state index is 12.5. The molecule has 2 heterocycles. The molecule has 1 saturated carbocycles.